The molecule has 0 saturated heterocycles. The minimum atomic E-state index is -0.317. The Balaban J connectivity index is 2.78. The van der Waals surface area contributed by atoms with Crippen molar-refractivity contribution in [3.63, 3.8) is 0 Å². The largest absolute Gasteiger partial charge is 0.316 e. The van der Waals surface area contributed by atoms with Crippen LogP contribution in [0.2, 0.25) is 5.02 Å². The fourth-order valence-electron chi connectivity index (χ4n) is 1.88. The van der Waals surface area contributed by atoms with Gasteiger partial charge in [0.1, 0.15) is 5.82 Å². The maximum absolute atomic E-state index is 13.9. The number of rotatable bonds is 7. The van der Waals surface area contributed by atoms with Crippen molar-refractivity contribution in [2.24, 2.45) is 5.41 Å². The molecule has 1 unspecified atom stereocenters. The number of hydrogen-bond donors (Lipinski definition) is 1. The van der Waals surface area contributed by atoms with Crippen LogP contribution >= 0.6 is 11.6 Å². The molecule has 100 valence electrons. The van der Waals surface area contributed by atoms with Gasteiger partial charge in [0.2, 0.25) is 0 Å². The van der Waals surface area contributed by atoms with Crippen LogP contribution in [-0.2, 0) is 6.42 Å². The fraction of sp³-hybridized carbons (Fsp3) is 0.467. The second-order valence-electron chi connectivity index (χ2n) is 4.92. The Labute approximate surface area is 114 Å². The molecular weight excluding hydrogens is 249 g/mol. The van der Waals surface area contributed by atoms with Gasteiger partial charge in [-0.05, 0) is 31.0 Å². The monoisotopic (exact) mass is 269 g/mol. The molecule has 0 saturated carbocycles. The number of hydrogen-bond acceptors (Lipinski definition) is 1. The molecule has 0 aromatic heterocycles. The lowest BCUT2D eigenvalue weighted by Crippen LogP contribution is -2.32. The van der Waals surface area contributed by atoms with Crippen LogP contribution in [0.4, 0.5) is 4.39 Å². The van der Waals surface area contributed by atoms with Crippen molar-refractivity contribution in [1.29, 1.82) is 0 Å². The molecule has 0 bridgehead atoms. The second-order valence-corrected chi connectivity index (χ2v) is 5.33. The predicted molar refractivity (Wildman–Crippen MR) is 76.6 cm³/mol. The first-order valence-electron chi connectivity index (χ1n) is 6.29. The first kappa shape index (κ1) is 15.2. The summed E-state index contributed by atoms with van der Waals surface area (Å²) in [7, 11) is 0. The number of halogens is 2. The van der Waals surface area contributed by atoms with E-state index in [1.807, 2.05) is 6.08 Å². The molecule has 1 N–H and O–H groups in total. The maximum Gasteiger partial charge on any atom is 0.144 e. The first-order chi connectivity index (χ1) is 8.52. The van der Waals surface area contributed by atoms with Crippen LogP contribution in [0.5, 0.6) is 0 Å². The zero-order chi connectivity index (χ0) is 13.6. The molecule has 0 spiro atoms. The highest BCUT2D eigenvalue weighted by Crippen LogP contribution is 2.27. The molecule has 18 heavy (non-hydrogen) atoms. The van der Waals surface area contributed by atoms with E-state index in [0.717, 1.165) is 19.5 Å². The molecule has 3 heteroatoms. The molecule has 0 aliphatic carbocycles. The van der Waals surface area contributed by atoms with Crippen LogP contribution in [0.1, 0.15) is 25.8 Å². The van der Waals surface area contributed by atoms with Gasteiger partial charge in [-0.25, -0.2) is 4.39 Å². The highest BCUT2D eigenvalue weighted by Gasteiger charge is 2.22. The van der Waals surface area contributed by atoms with E-state index in [1.165, 1.54) is 0 Å². The molecule has 1 aromatic carbocycles. The van der Waals surface area contributed by atoms with E-state index in [2.05, 4.69) is 25.7 Å². The zero-order valence-electron chi connectivity index (χ0n) is 11.1. The lowest BCUT2D eigenvalue weighted by Gasteiger charge is -2.26. The van der Waals surface area contributed by atoms with Gasteiger partial charge >= 0.3 is 0 Å². The van der Waals surface area contributed by atoms with Gasteiger partial charge in [0.15, 0.2) is 0 Å². The lowest BCUT2D eigenvalue weighted by atomic mass is 9.83. The summed E-state index contributed by atoms with van der Waals surface area (Å²) < 4.78 is 13.9. The molecule has 1 aromatic rings. The Kier molecular flexibility index (Phi) is 5.83. The molecule has 1 atom stereocenters. The summed E-state index contributed by atoms with van der Waals surface area (Å²) in [6.07, 6.45) is 3.56. The van der Waals surface area contributed by atoms with Crippen molar-refractivity contribution in [2.75, 3.05) is 13.1 Å². The minimum Gasteiger partial charge on any atom is -0.316 e. The van der Waals surface area contributed by atoms with E-state index in [1.54, 1.807) is 18.2 Å². The molecular formula is C15H21ClFN. The molecule has 1 nitrogen and oxygen atoms in total. The summed E-state index contributed by atoms with van der Waals surface area (Å²) in [5.41, 5.74) is 0.476. The third-order valence-corrected chi connectivity index (χ3v) is 3.37. The van der Waals surface area contributed by atoms with Gasteiger partial charge in [-0.1, -0.05) is 43.7 Å². The first-order valence-corrected chi connectivity index (χ1v) is 6.67. The fourth-order valence-corrected chi connectivity index (χ4v) is 2.07. The summed E-state index contributed by atoms with van der Waals surface area (Å²) in [6.45, 7) is 9.80. The van der Waals surface area contributed by atoms with E-state index in [-0.39, 0.29) is 16.3 Å². The van der Waals surface area contributed by atoms with Gasteiger partial charge < -0.3 is 5.32 Å². The average molecular weight is 270 g/mol. The highest BCUT2D eigenvalue weighted by molar-refractivity contribution is 6.30. The predicted octanol–water partition coefficient (Wildman–Crippen LogP) is 4.21. The van der Waals surface area contributed by atoms with Gasteiger partial charge in [0.25, 0.3) is 0 Å². The Hall–Kier alpha value is -0.860. The van der Waals surface area contributed by atoms with Crippen molar-refractivity contribution in [1.82, 2.24) is 5.32 Å². The SMILES string of the molecule is C=CC(C)(CNCCC)Cc1cccc(Cl)c1F. The van der Waals surface area contributed by atoms with Gasteiger partial charge in [-0.3, -0.25) is 0 Å². The molecule has 1 rings (SSSR count). The van der Waals surface area contributed by atoms with Crippen molar-refractivity contribution >= 4 is 11.6 Å². The van der Waals surface area contributed by atoms with Gasteiger partial charge in [0.05, 0.1) is 5.02 Å². The molecule has 0 heterocycles. The maximum atomic E-state index is 13.9. The number of benzene rings is 1. The van der Waals surface area contributed by atoms with Gasteiger partial charge in [-0.2, -0.15) is 0 Å². The van der Waals surface area contributed by atoms with Crippen molar-refractivity contribution in [3.05, 3.63) is 47.3 Å². The highest BCUT2D eigenvalue weighted by atomic mass is 35.5. The van der Waals surface area contributed by atoms with Crippen LogP contribution in [0, 0.1) is 11.2 Å². The smallest absolute Gasteiger partial charge is 0.144 e. The Morgan fingerprint density at radius 1 is 1.50 bits per heavy atom. The van der Waals surface area contributed by atoms with Crippen LogP contribution in [-0.4, -0.2) is 13.1 Å². The molecule has 0 fully saturated rings. The topological polar surface area (TPSA) is 12.0 Å². The Bertz CT molecular complexity index is 405. The Morgan fingerprint density at radius 3 is 2.83 bits per heavy atom. The summed E-state index contributed by atoms with van der Waals surface area (Å²) in [4.78, 5) is 0. The molecule has 0 radical (unpaired) electrons. The van der Waals surface area contributed by atoms with Crippen LogP contribution in [0.25, 0.3) is 0 Å². The van der Waals surface area contributed by atoms with Crippen LogP contribution in [0.15, 0.2) is 30.9 Å². The molecule has 0 aliphatic rings. The second kappa shape index (κ2) is 6.91. The van der Waals surface area contributed by atoms with E-state index in [0.29, 0.717) is 12.0 Å². The van der Waals surface area contributed by atoms with Crippen molar-refractivity contribution < 1.29 is 4.39 Å². The Morgan fingerprint density at radius 2 is 2.22 bits per heavy atom. The van der Waals surface area contributed by atoms with Crippen molar-refractivity contribution in [3.8, 4) is 0 Å². The summed E-state index contributed by atoms with van der Waals surface area (Å²) in [6, 6.07) is 5.13. The standard InChI is InChI=1S/C15H21ClFN/c1-4-9-18-11-15(3,5-2)10-12-7-6-8-13(16)14(12)17/h5-8,18H,2,4,9-11H2,1,3H3. The van der Waals surface area contributed by atoms with E-state index >= 15 is 0 Å². The van der Waals surface area contributed by atoms with E-state index in [9.17, 15) is 4.39 Å². The summed E-state index contributed by atoms with van der Waals surface area (Å²) in [5, 5.41) is 3.54. The minimum absolute atomic E-state index is 0.166. The summed E-state index contributed by atoms with van der Waals surface area (Å²) >= 11 is 5.80. The summed E-state index contributed by atoms with van der Waals surface area (Å²) in [5.74, 6) is -0.317. The van der Waals surface area contributed by atoms with E-state index < -0.39 is 0 Å². The van der Waals surface area contributed by atoms with Crippen molar-refractivity contribution in [2.45, 2.75) is 26.7 Å². The average Bonchev–Trinajstić information content (AvgIpc) is 2.35. The molecule has 0 amide bonds. The van der Waals surface area contributed by atoms with Gasteiger partial charge in [0, 0.05) is 12.0 Å². The normalized spacial score (nSPS) is 14.2. The van der Waals surface area contributed by atoms with Gasteiger partial charge in [-0.15, -0.1) is 6.58 Å². The van der Waals surface area contributed by atoms with Crippen LogP contribution in [0.3, 0.4) is 0 Å². The van der Waals surface area contributed by atoms with Crippen LogP contribution < -0.4 is 5.32 Å². The third kappa shape index (κ3) is 4.11. The molecule has 0 aliphatic heterocycles. The third-order valence-electron chi connectivity index (χ3n) is 3.07. The number of nitrogens with one attached hydrogen (secondary N) is 1. The zero-order valence-corrected chi connectivity index (χ0v) is 11.9. The lowest BCUT2D eigenvalue weighted by molar-refractivity contribution is 0.385. The van der Waals surface area contributed by atoms with E-state index in [4.69, 9.17) is 11.6 Å². The quantitative estimate of drug-likeness (QED) is 0.577.